The molecule has 0 heterocycles. The number of rotatable bonds is 4. The molecule has 146 valence electrons. The Hall–Kier alpha value is -0.0900. The maximum absolute atomic E-state index is 14.5. The lowest BCUT2D eigenvalue weighted by Gasteiger charge is -2.21. The fourth-order valence-corrected chi connectivity index (χ4v) is 6.58. The zero-order valence-corrected chi connectivity index (χ0v) is 22.9. The number of aromatic hydroxyl groups is 2. The standard InChI is InChI=1S/C20H13FI4O3/c1-28-17-3-2-9(4-12(17)21)18(10-5-13(22)19(26)14(23)6-10)11-7-15(24)20(27)16(25)8-11/h2-8,18,26-27H,1H3. The zero-order chi connectivity index (χ0) is 20.6. The fourth-order valence-electron chi connectivity index (χ4n) is 2.94. The molecule has 0 spiro atoms. The summed E-state index contributed by atoms with van der Waals surface area (Å²) in [6.07, 6.45) is 0. The molecular formula is C20H13FI4O3. The molecule has 0 bridgehead atoms. The molecule has 0 aromatic heterocycles. The Balaban J connectivity index is 2.27. The molecule has 2 N–H and O–H groups in total. The highest BCUT2D eigenvalue weighted by Gasteiger charge is 2.22. The van der Waals surface area contributed by atoms with Crippen molar-refractivity contribution in [3.05, 3.63) is 79.3 Å². The summed E-state index contributed by atoms with van der Waals surface area (Å²) in [6.45, 7) is 0. The van der Waals surface area contributed by atoms with E-state index in [-0.39, 0.29) is 23.2 Å². The predicted octanol–water partition coefficient (Wildman–Crippen LogP) is 6.84. The highest BCUT2D eigenvalue weighted by molar-refractivity contribution is 14.1. The second kappa shape index (κ2) is 9.37. The van der Waals surface area contributed by atoms with E-state index in [1.807, 2.05) is 30.3 Å². The molecule has 0 amide bonds. The summed E-state index contributed by atoms with van der Waals surface area (Å²) in [5.41, 5.74) is 2.61. The van der Waals surface area contributed by atoms with Gasteiger partial charge in [-0.1, -0.05) is 6.07 Å². The average molecular weight is 828 g/mol. The quantitative estimate of drug-likeness (QED) is 0.224. The van der Waals surface area contributed by atoms with Gasteiger partial charge in [-0.3, -0.25) is 0 Å². The summed E-state index contributed by atoms with van der Waals surface area (Å²) in [6, 6.07) is 12.5. The van der Waals surface area contributed by atoms with E-state index in [0.29, 0.717) is 0 Å². The highest BCUT2D eigenvalue weighted by atomic mass is 127. The van der Waals surface area contributed by atoms with E-state index in [1.54, 1.807) is 6.07 Å². The first kappa shape index (κ1) is 22.6. The summed E-state index contributed by atoms with van der Waals surface area (Å²) in [5.74, 6) is -0.0480. The molecule has 0 saturated heterocycles. The first-order valence-electron chi connectivity index (χ1n) is 7.92. The molecule has 8 heteroatoms. The number of methoxy groups -OCH3 is 1. The van der Waals surface area contributed by atoms with Crippen molar-refractivity contribution in [3.63, 3.8) is 0 Å². The van der Waals surface area contributed by atoms with Gasteiger partial charge in [0, 0.05) is 5.92 Å². The molecule has 3 nitrogen and oxygen atoms in total. The van der Waals surface area contributed by atoms with Gasteiger partial charge in [0.15, 0.2) is 11.6 Å². The van der Waals surface area contributed by atoms with E-state index >= 15 is 0 Å². The monoisotopic (exact) mass is 828 g/mol. The van der Waals surface area contributed by atoms with Crippen LogP contribution in [0.5, 0.6) is 17.2 Å². The lowest BCUT2D eigenvalue weighted by molar-refractivity contribution is 0.386. The molecule has 3 aromatic carbocycles. The van der Waals surface area contributed by atoms with E-state index in [0.717, 1.165) is 31.0 Å². The van der Waals surface area contributed by atoms with Crippen molar-refractivity contribution in [2.45, 2.75) is 5.92 Å². The largest absolute Gasteiger partial charge is 0.506 e. The lowest BCUT2D eigenvalue weighted by Crippen LogP contribution is -2.06. The Morgan fingerprint density at radius 1 is 0.750 bits per heavy atom. The van der Waals surface area contributed by atoms with E-state index < -0.39 is 5.82 Å². The van der Waals surface area contributed by atoms with E-state index in [4.69, 9.17) is 4.74 Å². The summed E-state index contributed by atoms with van der Waals surface area (Å²) < 4.78 is 22.4. The minimum Gasteiger partial charge on any atom is -0.506 e. The third-order valence-corrected chi connectivity index (χ3v) is 7.54. The molecule has 0 saturated carbocycles. The van der Waals surface area contributed by atoms with Crippen molar-refractivity contribution in [2.24, 2.45) is 0 Å². The van der Waals surface area contributed by atoms with Gasteiger partial charge >= 0.3 is 0 Å². The smallest absolute Gasteiger partial charge is 0.165 e. The lowest BCUT2D eigenvalue weighted by atomic mass is 9.85. The van der Waals surface area contributed by atoms with Crippen molar-refractivity contribution >= 4 is 90.4 Å². The van der Waals surface area contributed by atoms with Crippen LogP contribution in [0.3, 0.4) is 0 Å². The number of hydrogen-bond acceptors (Lipinski definition) is 3. The number of phenols is 2. The van der Waals surface area contributed by atoms with Crippen LogP contribution >= 0.6 is 90.4 Å². The van der Waals surface area contributed by atoms with Gasteiger partial charge in [0.05, 0.1) is 21.4 Å². The van der Waals surface area contributed by atoms with Crippen LogP contribution in [0.25, 0.3) is 0 Å². The predicted molar refractivity (Wildman–Crippen MR) is 141 cm³/mol. The van der Waals surface area contributed by atoms with Crippen LogP contribution in [0.15, 0.2) is 42.5 Å². The number of ether oxygens (including phenoxy) is 1. The zero-order valence-electron chi connectivity index (χ0n) is 14.3. The van der Waals surface area contributed by atoms with Gasteiger partial charge in [0.1, 0.15) is 11.5 Å². The van der Waals surface area contributed by atoms with Crippen LogP contribution in [0.4, 0.5) is 4.39 Å². The number of phenolic OH excluding ortho intramolecular Hbond substituents is 2. The summed E-state index contributed by atoms with van der Waals surface area (Å²) in [7, 11) is 1.44. The van der Waals surface area contributed by atoms with E-state index in [2.05, 4.69) is 90.4 Å². The first-order chi connectivity index (χ1) is 13.2. The first-order valence-corrected chi connectivity index (χ1v) is 12.2. The van der Waals surface area contributed by atoms with Crippen LogP contribution in [0.2, 0.25) is 0 Å². The molecule has 3 aromatic rings. The number of hydrogen-bond donors (Lipinski definition) is 2. The van der Waals surface area contributed by atoms with E-state index in [9.17, 15) is 14.6 Å². The van der Waals surface area contributed by atoms with Gasteiger partial charge < -0.3 is 14.9 Å². The molecule has 0 aliphatic carbocycles. The normalized spacial score (nSPS) is 11.1. The molecular weight excluding hydrogens is 815 g/mol. The van der Waals surface area contributed by atoms with Gasteiger partial charge in [0.25, 0.3) is 0 Å². The Bertz CT molecular complexity index is 952. The molecule has 0 aliphatic rings. The van der Waals surface area contributed by atoms with Gasteiger partial charge in [0.2, 0.25) is 0 Å². The minimum atomic E-state index is -0.434. The molecule has 0 aliphatic heterocycles. The summed E-state index contributed by atoms with van der Waals surface area (Å²) in [5, 5.41) is 20.3. The van der Waals surface area contributed by atoms with Crippen molar-refractivity contribution in [2.75, 3.05) is 7.11 Å². The second-order valence-electron chi connectivity index (χ2n) is 5.99. The van der Waals surface area contributed by atoms with Crippen LogP contribution < -0.4 is 4.74 Å². The molecule has 3 rings (SSSR count). The maximum atomic E-state index is 14.5. The van der Waals surface area contributed by atoms with Crippen LogP contribution in [0, 0.1) is 20.1 Å². The SMILES string of the molecule is COc1ccc(C(c2cc(I)c(O)c(I)c2)c2cc(I)c(O)c(I)c2)cc1F. The van der Waals surface area contributed by atoms with E-state index in [1.165, 1.54) is 13.2 Å². The summed E-state index contributed by atoms with van der Waals surface area (Å²) >= 11 is 8.37. The van der Waals surface area contributed by atoms with Crippen molar-refractivity contribution < 1.29 is 19.3 Å². The Kier molecular flexibility index (Phi) is 7.56. The molecule has 0 radical (unpaired) electrons. The molecule has 0 atom stereocenters. The second-order valence-corrected chi connectivity index (χ2v) is 10.6. The van der Waals surface area contributed by atoms with Gasteiger partial charge in [-0.2, -0.15) is 0 Å². The van der Waals surface area contributed by atoms with Crippen LogP contribution in [-0.2, 0) is 0 Å². The number of benzene rings is 3. The van der Waals surface area contributed by atoms with Crippen molar-refractivity contribution in [1.29, 1.82) is 0 Å². The third-order valence-electron chi connectivity index (χ3n) is 4.25. The molecule has 28 heavy (non-hydrogen) atoms. The van der Waals surface area contributed by atoms with Crippen LogP contribution in [0.1, 0.15) is 22.6 Å². The fraction of sp³-hybridized carbons (Fsp3) is 0.100. The summed E-state index contributed by atoms with van der Waals surface area (Å²) in [4.78, 5) is 0. The molecule has 0 unspecified atom stereocenters. The highest BCUT2D eigenvalue weighted by Crippen LogP contribution is 2.40. The third kappa shape index (κ3) is 4.63. The van der Waals surface area contributed by atoms with Crippen LogP contribution in [-0.4, -0.2) is 17.3 Å². The van der Waals surface area contributed by atoms with Crippen molar-refractivity contribution in [1.82, 2.24) is 0 Å². The average Bonchev–Trinajstić information content (AvgIpc) is 2.64. The Morgan fingerprint density at radius 3 is 1.54 bits per heavy atom. The molecule has 0 fully saturated rings. The minimum absolute atomic E-state index is 0.187. The Labute approximate surface area is 216 Å². The van der Waals surface area contributed by atoms with Gasteiger partial charge in [-0.25, -0.2) is 4.39 Å². The van der Waals surface area contributed by atoms with Gasteiger partial charge in [-0.05, 0) is 143 Å². The van der Waals surface area contributed by atoms with Gasteiger partial charge in [-0.15, -0.1) is 0 Å². The number of halogens is 5. The maximum Gasteiger partial charge on any atom is 0.165 e. The van der Waals surface area contributed by atoms with Crippen molar-refractivity contribution in [3.8, 4) is 17.2 Å². The topological polar surface area (TPSA) is 49.7 Å². The Morgan fingerprint density at radius 2 is 1.18 bits per heavy atom.